The van der Waals surface area contributed by atoms with E-state index in [1.165, 1.54) is 0 Å². The number of Topliss-reactive ketones (excluding diaryl/α,β-unsaturated/α-hetero) is 1. The molecule has 16 heavy (non-hydrogen) atoms. The number of hydrogen-bond donors (Lipinski definition) is 1. The molecule has 3 nitrogen and oxygen atoms in total. The van der Waals surface area contributed by atoms with Crippen LogP contribution >= 0.6 is 11.6 Å². The number of rotatable bonds is 2. The molecule has 0 spiro atoms. The van der Waals surface area contributed by atoms with Gasteiger partial charge in [-0.25, -0.2) is 0 Å². The van der Waals surface area contributed by atoms with Gasteiger partial charge in [0.15, 0.2) is 10.7 Å². The van der Waals surface area contributed by atoms with Crippen molar-refractivity contribution in [2.75, 3.05) is 6.54 Å². The van der Waals surface area contributed by atoms with Crippen LogP contribution in [0.5, 0.6) is 0 Å². The number of carbonyl (C=O) groups excluding carboxylic acids is 2. The van der Waals surface area contributed by atoms with E-state index >= 15 is 0 Å². The third kappa shape index (κ3) is 1.83. The summed E-state index contributed by atoms with van der Waals surface area (Å²) in [6, 6.07) is 8.68. The molecule has 84 valence electrons. The number of nitrogens with one attached hydrogen (secondary N) is 1. The van der Waals surface area contributed by atoms with Gasteiger partial charge < -0.3 is 5.32 Å². The molecular formula is C12H12ClNO2. The Hall–Kier alpha value is -1.35. The number of piperidine rings is 1. The van der Waals surface area contributed by atoms with Gasteiger partial charge >= 0.3 is 0 Å². The van der Waals surface area contributed by atoms with Gasteiger partial charge in [-0.2, -0.15) is 0 Å². The van der Waals surface area contributed by atoms with Crippen molar-refractivity contribution in [1.29, 1.82) is 0 Å². The summed E-state index contributed by atoms with van der Waals surface area (Å²) in [6.07, 6.45) is 1.13. The lowest BCUT2D eigenvalue weighted by atomic mass is 9.89. The van der Waals surface area contributed by atoms with E-state index in [0.29, 0.717) is 18.5 Å². The molecule has 1 fully saturated rings. The van der Waals surface area contributed by atoms with Crippen molar-refractivity contribution in [2.45, 2.75) is 17.7 Å². The highest BCUT2D eigenvalue weighted by Gasteiger charge is 2.45. The molecule has 0 radical (unpaired) electrons. The molecule has 1 amide bonds. The van der Waals surface area contributed by atoms with Crippen molar-refractivity contribution in [2.24, 2.45) is 0 Å². The van der Waals surface area contributed by atoms with Crippen LogP contribution < -0.4 is 5.32 Å². The number of halogens is 1. The van der Waals surface area contributed by atoms with Crippen molar-refractivity contribution in [3.63, 3.8) is 0 Å². The van der Waals surface area contributed by atoms with Crippen LogP contribution in [0.25, 0.3) is 0 Å². The van der Waals surface area contributed by atoms with Crippen LogP contribution in [0.1, 0.15) is 23.2 Å². The molecule has 1 aromatic carbocycles. The van der Waals surface area contributed by atoms with Crippen molar-refractivity contribution >= 4 is 23.3 Å². The zero-order chi connectivity index (χ0) is 11.6. The third-order valence-electron chi connectivity index (χ3n) is 2.74. The Morgan fingerprint density at radius 1 is 1.31 bits per heavy atom. The molecule has 0 aliphatic carbocycles. The fraction of sp³-hybridized carbons (Fsp3) is 0.333. The van der Waals surface area contributed by atoms with Crippen molar-refractivity contribution in [3.05, 3.63) is 35.9 Å². The minimum atomic E-state index is -1.42. The molecule has 1 N–H and O–H groups in total. The van der Waals surface area contributed by atoms with E-state index in [1.54, 1.807) is 24.3 Å². The van der Waals surface area contributed by atoms with Crippen molar-refractivity contribution in [3.8, 4) is 0 Å². The normalized spacial score (nSPS) is 24.9. The van der Waals surface area contributed by atoms with Gasteiger partial charge in [0, 0.05) is 12.1 Å². The van der Waals surface area contributed by atoms with Crippen molar-refractivity contribution < 1.29 is 9.59 Å². The zero-order valence-electron chi connectivity index (χ0n) is 8.70. The molecule has 1 unspecified atom stereocenters. The third-order valence-corrected chi connectivity index (χ3v) is 3.27. The SMILES string of the molecule is O=C1NCCCC1(Cl)C(=O)c1ccccc1. The first kappa shape index (κ1) is 11.1. The Kier molecular flexibility index (Phi) is 2.97. The summed E-state index contributed by atoms with van der Waals surface area (Å²) in [4.78, 5) is 22.4. The molecule has 1 heterocycles. The molecule has 1 aromatic rings. The fourth-order valence-corrected chi connectivity index (χ4v) is 2.13. The Labute approximate surface area is 98.8 Å². The molecule has 4 heteroatoms. The molecule has 1 saturated heterocycles. The summed E-state index contributed by atoms with van der Waals surface area (Å²) in [5, 5.41) is 2.63. The number of alkyl halides is 1. The van der Waals surface area contributed by atoms with E-state index < -0.39 is 4.87 Å². The molecular weight excluding hydrogens is 226 g/mol. The quantitative estimate of drug-likeness (QED) is 0.484. The molecule has 1 aliphatic rings. The highest BCUT2D eigenvalue weighted by molar-refractivity contribution is 6.48. The Balaban J connectivity index is 2.30. The lowest BCUT2D eigenvalue weighted by Gasteiger charge is -2.28. The predicted octanol–water partition coefficient (Wildman–Crippen LogP) is 1.76. The minimum Gasteiger partial charge on any atom is -0.354 e. The summed E-state index contributed by atoms with van der Waals surface area (Å²) in [5.74, 6) is -0.693. The van der Waals surface area contributed by atoms with E-state index in [9.17, 15) is 9.59 Å². The predicted molar refractivity (Wildman–Crippen MR) is 61.6 cm³/mol. The van der Waals surface area contributed by atoms with Crippen LogP contribution in [0.4, 0.5) is 0 Å². The Morgan fingerprint density at radius 2 is 2.00 bits per heavy atom. The van der Waals surface area contributed by atoms with Gasteiger partial charge in [0.25, 0.3) is 0 Å². The highest BCUT2D eigenvalue weighted by atomic mass is 35.5. The molecule has 0 saturated carbocycles. The fourth-order valence-electron chi connectivity index (χ4n) is 1.82. The van der Waals surface area contributed by atoms with E-state index in [2.05, 4.69) is 5.32 Å². The van der Waals surface area contributed by atoms with Crippen LogP contribution in [0.2, 0.25) is 0 Å². The standard InChI is InChI=1S/C12H12ClNO2/c13-12(7-4-8-14-11(12)16)10(15)9-5-2-1-3-6-9/h1-3,5-6H,4,7-8H2,(H,14,16). The monoisotopic (exact) mass is 237 g/mol. The maximum Gasteiger partial charge on any atom is 0.249 e. The van der Waals surface area contributed by atoms with Gasteiger partial charge in [-0.1, -0.05) is 41.9 Å². The summed E-state index contributed by atoms with van der Waals surface area (Å²) in [7, 11) is 0. The first-order chi connectivity index (χ1) is 7.64. The van der Waals surface area contributed by atoms with E-state index in [4.69, 9.17) is 11.6 Å². The molecule has 1 atom stereocenters. The van der Waals surface area contributed by atoms with E-state index in [1.807, 2.05) is 6.07 Å². The number of hydrogen-bond acceptors (Lipinski definition) is 2. The van der Waals surface area contributed by atoms with Gasteiger partial charge in [-0.15, -0.1) is 0 Å². The lowest BCUT2D eigenvalue weighted by Crippen LogP contribution is -2.52. The second-order valence-corrected chi connectivity index (χ2v) is 4.50. The second-order valence-electron chi connectivity index (χ2n) is 3.86. The summed E-state index contributed by atoms with van der Waals surface area (Å²) in [6.45, 7) is 0.593. The molecule has 1 aliphatic heterocycles. The molecule has 2 rings (SSSR count). The number of benzene rings is 1. The van der Waals surface area contributed by atoms with Crippen LogP contribution in [0.15, 0.2) is 30.3 Å². The summed E-state index contributed by atoms with van der Waals surface area (Å²) < 4.78 is 0. The first-order valence-electron chi connectivity index (χ1n) is 5.22. The number of carbonyl (C=O) groups is 2. The van der Waals surface area contributed by atoms with Crippen LogP contribution in [-0.4, -0.2) is 23.1 Å². The number of ketones is 1. The Bertz CT molecular complexity index is 418. The van der Waals surface area contributed by atoms with Gasteiger partial charge in [-0.3, -0.25) is 9.59 Å². The van der Waals surface area contributed by atoms with Gasteiger partial charge in [-0.05, 0) is 12.8 Å². The lowest BCUT2D eigenvalue weighted by molar-refractivity contribution is -0.123. The average molecular weight is 238 g/mol. The second kappa shape index (κ2) is 4.26. The van der Waals surface area contributed by atoms with Crippen LogP contribution in [0.3, 0.4) is 0 Å². The topological polar surface area (TPSA) is 46.2 Å². The number of amides is 1. The van der Waals surface area contributed by atoms with Gasteiger partial charge in [0.05, 0.1) is 0 Å². The van der Waals surface area contributed by atoms with Gasteiger partial charge in [0.2, 0.25) is 5.91 Å². The van der Waals surface area contributed by atoms with Crippen molar-refractivity contribution in [1.82, 2.24) is 5.32 Å². The molecule has 0 aromatic heterocycles. The maximum absolute atomic E-state index is 12.1. The minimum absolute atomic E-state index is 0.313. The first-order valence-corrected chi connectivity index (χ1v) is 5.59. The average Bonchev–Trinajstić information content (AvgIpc) is 2.33. The summed E-state index contributed by atoms with van der Waals surface area (Å²) in [5.41, 5.74) is 0.481. The van der Waals surface area contributed by atoms with Crippen LogP contribution in [0, 0.1) is 0 Å². The van der Waals surface area contributed by atoms with E-state index in [-0.39, 0.29) is 11.7 Å². The van der Waals surface area contributed by atoms with Crippen LogP contribution in [-0.2, 0) is 4.79 Å². The zero-order valence-corrected chi connectivity index (χ0v) is 9.46. The largest absolute Gasteiger partial charge is 0.354 e. The molecule has 0 bridgehead atoms. The Morgan fingerprint density at radius 3 is 2.62 bits per heavy atom. The maximum atomic E-state index is 12.1. The highest BCUT2D eigenvalue weighted by Crippen LogP contribution is 2.29. The van der Waals surface area contributed by atoms with E-state index in [0.717, 1.165) is 6.42 Å². The van der Waals surface area contributed by atoms with Gasteiger partial charge in [0.1, 0.15) is 0 Å². The summed E-state index contributed by atoms with van der Waals surface area (Å²) >= 11 is 6.15. The smallest absolute Gasteiger partial charge is 0.249 e.